The molecule has 0 saturated carbocycles. The Morgan fingerprint density at radius 2 is 2.46 bits per heavy atom. The molecule has 0 radical (unpaired) electrons. The van der Waals surface area contributed by atoms with Gasteiger partial charge in [-0.2, -0.15) is 0 Å². The number of carbonyl (C=O) groups is 1. The number of carboxylic acid groups (broad SMARTS) is 1. The van der Waals surface area contributed by atoms with Crippen LogP contribution in [0.4, 0.5) is 0 Å². The summed E-state index contributed by atoms with van der Waals surface area (Å²) >= 11 is 5.79. The van der Waals surface area contributed by atoms with E-state index in [0.29, 0.717) is 16.1 Å². The Morgan fingerprint density at radius 3 is 3.15 bits per heavy atom. The van der Waals surface area contributed by atoms with Crippen LogP contribution in [-0.2, 0) is 0 Å². The minimum absolute atomic E-state index is 0. The summed E-state index contributed by atoms with van der Waals surface area (Å²) in [6.45, 7) is 0. The number of nitrogens with zero attached hydrogens (tertiary/aromatic N) is 1. The number of pyridine rings is 1. The number of H-pyrrole nitrogens is 1. The lowest BCUT2D eigenvalue weighted by atomic mass is 10.2. The molecule has 0 aromatic carbocycles. The molecule has 0 bridgehead atoms. The maximum absolute atomic E-state index is 10.6. The summed E-state index contributed by atoms with van der Waals surface area (Å²) in [5.41, 5.74) is 0.726. The van der Waals surface area contributed by atoms with Crippen LogP contribution in [0.15, 0.2) is 18.5 Å². The van der Waals surface area contributed by atoms with Crippen molar-refractivity contribution >= 4 is 28.6 Å². The van der Waals surface area contributed by atoms with Gasteiger partial charge in [-0.15, -0.1) is 0 Å². The van der Waals surface area contributed by atoms with Gasteiger partial charge in [0.25, 0.3) is 0 Å². The molecule has 2 aromatic rings. The van der Waals surface area contributed by atoms with Crippen LogP contribution >= 0.6 is 11.6 Å². The van der Waals surface area contributed by atoms with Gasteiger partial charge in [0.05, 0.1) is 10.6 Å². The van der Waals surface area contributed by atoms with E-state index in [4.69, 9.17) is 16.7 Å². The minimum atomic E-state index is -1.01. The number of fused-ring (bicyclic) bond motifs is 1. The molecule has 68 valence electrons. The SMILES string of the molecule is O=C(O)c1cnc2[nH]cc(Cl)c2c1.[HH]. The Bertz CT molecular complexity index is 483. The lowest BCUT2D eigenvalue weighted by Crippen LogP contribution is -1.96. The van der Waals surface area contributed by atoms with Crippen LogP contribution < -0.4 is 0 Å². The first-order valence-electron chi connectivity index (χ1n) is 3.54. The second-order valence-corrected chi connectivity index (χ2v) is 2.97. The summed E-state index contributed by atoms with van der Waals surface area (Å²) in [6, 6.07) is 1.49. The highest BCUT2D eigenvalue weighted by Gasteiger charge is 2.07. The number of halogens is 1. The van der Waals surface area contributed by atoms with E-state index in [1.165, 1.54) is 12.3 Å². The van der Waals surface area contributed by atoms with Crippen molar-refractivity contribution in [1.29, 1.82) is 0 Å². The van der Waals surface area contributed by atoms with Gasteiger partial charge in [-0.05, 0) is 6.07 Å². The van der Waals surface area contributed by atoms with Crippen molar-refractivity contribution in [2.75, 3.05) is 0 Å². The molecular weight excluding hydrogens is 192 g/mol. The van der Waals surface area contributed by atoms with Crippen LogP contribution in [-0.4, -0.2) is 21.0 Å². The van der Waals surface area contributed by atoms with E-state index >= 15 is 0 Å². The van der Waals surface area contributed by atoms with Gasteiger partial charge in [0.2, 0.25) is 0 Å². The first-order valence-corrected chi connectivity index (χ1v) is 3.92. The summed E-state index contributed by atoms with van der Waals surface area (Å²) in [5.74, 6) is -1.01. The molecule has 2 heterocycles. The number of rotatable bonds is 1. The molecule has 2 rings (SSSR count). The van der Waals surface area contributed by atoms with Gasteiger partial charge in [0.15, 0.2) is 0 Å². The highest BCUT2D eigenvalue weighted by molar-refractivity contribution is 6.35. The summed E-state index contributed by atoms with van der Waals surface area (Å²) < 4.78 is 0. The molecule has 0 aliphatic carbocycles. The second kappa shape index (κ2) is 2.74. The molecule has 0 unspecified atom stereocenters. The van der Waals surface area contributed by atoms with Gasteiger partial charge in [-0.25, -0.2) is 9.78 Å². The quantitative estimate of drug-likeness (QED) is 0.738. The molecule has 0 aliphatic rings. The summed E-state index contributed by atoms with van der Waals surface area (Å²) in [7, 11) is 0. The van der Waals surface area contributed by atoms with E-state index in [1.54, 1.807) is 6.20 Å². The smallest absolute Gasteiger partial charge is 0.337 e. The fraction of sp³-hybridized carbons (Fsp3) is 0. The minimum Gasteiger partial charge on any atom is -0.478 e. The number of aromatic amines is 1. The predicted octanol–water partition coefficient (Wildman–Crippen LogP) is 2.16. The highest BCUT2D eigenvalue weighted by Crippen LogP contribution is 2.21. The fourth-order valence-electron chi connectivity index (χ4n) is 1.09. The Balaban J connectivity index is 0.000000980. The summed E-state index contributed by atoms with van der Waals surface area (Å²) in [6.07, 6.45) is 2.86. The van der Waals surface area contributed by atoms with E-state index in [0.717, 1.165) is 0 Å². The van der Waals surface area contributed by atoms with Gasteiger partial charge in [0, 0.05) is 19.2 Å². The maximum Gasteiger partial charge on any atom is 0.337 e. The van der Waals surface area contributed by atoms with E-state index < -0.39 is 5.97 Å². The Labute approximate surface area is 79.7 Å². The van der Waals surface area contributed by atoms with Crippen LogP contribution in [0.25, 0.3) is 11.0 Å². The Hall–Kier alpha value is -1.55. The van der Waals surface area contributed by atoms with Crippen molar-refractivity contribution in [3.05, 3.63) is 29.0 Å². The maximum atomic E-state index is 10.6. The number of hydrogen-bond acceptors (Lipinski definition) is 2. The lowest BCUT2D eigenvalue weighted by molar-refractivity contribution is 0.0696. The third-order valence-corrected chi connectivity index (χ3v) is 2.04. The summed E-state index contributed by atoms with van der Waals surface area (Å²) in [5, 5.41) is 9.78. The van der Waals surface area contributed by atoms with Crippen LogP contribution in [0.3, 0.4) is 0 Å². The first kappa shape index (κ1) is 8.07. The average Bonchev–Trinajstić information content (AvgIpc) is 2.47. The largest absolute Gasteiger partial charge is 0.478 e. The van der Waals surface area contributed by atoms with Crippen LogP contribution in [0.2, 0.25) is 5.02 Å². The van der Waals surface area contributed by atoms with Gasteiger partial charge >= 0.3 is 5.97 Å². The van der Waals surface area contributed by atoms with E-state index in [2.05, 4.69) is 9.97 Å². The standard InChI is InChI=1S/C8H5ClN2O2.H2/c9-6-3-11-7-5(6)1-4(2-10-7)8(12)13;/h1-3H,(H,10,11)(H,12,13);1H. The lowest BCUT2D eigenvalue weighted by Gasteiger charge is -1.93. The topological polar surface area (TPSA) is 66.0 Å². The van der Waals surface area contributed by atoms with Crippen molar-refractivity contribution in [2.45, 2.75) is 0 Å². The number of aromatic nitrogens is 2. The zero-order chi connectivity index (χ0) is 9.42. The highest BCUT2D eigenvalue weighted by atomic mass is 35.5. The zero-order valence-electron chi connectivity index (χ0n) is 6.41. The van der Waals surface area contributed by atoms with Crippen molar-refractivity contribution < 1.29 is 11.3 Å². The second-order valence-electron chi connectivity index (χ2n) is 2.56. The molecule has 2 N–H and O–H groups in total. The monoisotopic (exact) mass is 198 g/mol. The van der Waals surface area contributed by atoms with Crippen LogP contribution in [0.1, 0.15) is 11.8 Å². The predicted molar refractivity (Wildman–Crippen MR) is 50.2 cm³/mol. The summed E-state index contributed by atoms with van der Waals surface area (Å²) in [4.78, 5) is 17.3. The number of hydrogen-bond donors (Lipinski definition) is 2. The zero-order valence-corrected chi connectivity index (χ0v) is 7.17. The first-order chi connectivity index (χ1) is 6.18. The van der Waals surface area contributed by atoms with Crippen molar-refractivity contribution in [2.24, 2.45) is 0 Å². The molecule has 0 saturated heterocycles. The van der Waals surface area contributed by atoms with Gasteiger partial charge in [-0.1, -0.05) is 11.6 Å². The Morgan fingerprint density at radius 1 is 1.69 bits per heavy atom. The molecule has 4 nitrogen and oxygen atoms in total. The Kier molecular flexibility index (Phi) is 1.70. The molecule has 0 amide bonds. The van der Waals surface area contributed by atoms with E-state index in [-0.39, 0.29) is 6.99 Å². The molecule has 5 heteroatoms. The van der Waals surface area contributed by atoms with E-state index in [9.17, 15) is 4.79 Å². The third-order valence-electron chi connectivity index (χ3n) is 1.73. The average molecular weight is 199 g/mol. The number of carboxylic acids is 1. The van der Waals surface area contributed by atoms with Crippen molar-refractivity contribution in [1.82, 2.24) is 9.97 Å². The normalized spacial score (nSPS) is 10.5. The van der Waals surface area contributed by atoms with Crippen molar-refractivity contribution in [3.8, 4) is 0 Å². The molecule has 2 aromatic heterocycles. The van der Waals surface area contributed by atoms with Crippen LogP contribution in [0, 0.1) is 0 Å². The molecule has 0 spiro atoms. The van der Waals surface area contributed by atoms with Gasteiger partial charge < -0.3 is 10.1 Å². The number of nitrogens with one attached hydrogen (secondary N) is 1. The number of aromatic carboxylic acids is 1. The molecule has 0 fully saturated rings. The fourth-order valence-corrected chi connectivity index (χ4v) is 1.29. The van der Waals surface area contributed by atoms with Crippen molar-refractivity contribution in [3.63, 3.8) is 0 Å². The van der Waals surface area contributed by atoms with Gasteiger partial charge in [-0.3, -0.25) is 0 Å². The molecule has 13 heavy (non-hydrogen) atoms. The molecule has 0 aliphatic heterocycles. The molecule has 0 atom stereocenters. The molecular formula is C8H7ClN2O2. The van der Waals surface area contributed by atoms with Gasteiger partial charge in [0.1, 0.15) is 5.65 Å². The van der Waals surface area contributed by atoms with Crippen LogP contribution in [0.5, 0.6) is 0 Å². The third kappa shape index (κ3) is 1.25. The van der Waals surface area contributed by atoms with E-state index in [1.807, 2.05) is 0 Å².